The van der Waals surface area contributed by atoms with E-state index < -0.39 is 0 Å². The number of benzene rings is 1. The average molecular weight is 374 g/mol. The molecule has 1 nitrogen and oxygen atoms in total. The monoisotopic (exact) mass is 372 g/mol. The van der Waals surface area contributed by atoms with Crippen molar-refractivity contribution in [2.75, 3.05) is 0 Å². The molecule has 1 heterocycles. The summed E-state index contributed by atoms with van der Waals surface area (Å²) in [5.74, 6) is 0.0689. The van der Waals surface area contributed by atoms with E-state index in [9.17, 15) is 4.79 Å². The SMILES string of the molecule is Cc1cccc(C(=O)c2cc(Br)c(C)s2)c1Br. The van der Waals surface area contributed by atoms with E-state index in [4.69, 9.17) is 0 Å². The van der Waals surface area contributed by atoms with Crippen LogP contribution < -0.4 is 0 Å². The molecule has 0 saturated heterocycles. The number of hydrogen-bond donors (Lipinski definition) is 0. The van der Waals surface area contributed by atoms with Crippen molar-refractivity contribution < 1.29 is 4.79 Å². The van der Waals surface area contributed by atoms with Crippen LogP contribution in [0.5, 0.6) is 0 Å². The highest BCUT2D eigenvalue weighted by atomic mass is 79.9. The number of ketones is 1. The van der Waals surface area contributed by atoms with Crippen molar-refractivity contribution in [2.24, 2.45) is 0 Å². The molecule has 2 rings (SSSR count). The van der Waals surface area contributed by atoms with Crippen LogP contribution in [0, 0.1) is 13.8 Å². The van der Waals surface area contributed by atoms with Crippen LogP contribution >= 0.6 is 43.2 Å². The molecule has 0 spiro atoms. The number of halogens is 2. The lowest BCUT2D eigenvalue weighted by atomic mass is 10.1. The van der Waals surface area contributed by atoms with Gasteiger partial charge in [-0.2, -0.15) is 0 Å². The first kappa shape index (κ1) is 13.0. The van der Waals surface area contributed by atoms with E-state index in [1.165, 1.54) is 11.3 Å². The molecular formula is C13H10Br2OS. The second-order valence-corrected chi connectivity index (χ2v) is 6.68. The third kappa shape index (κ3) is 2.54. The van der Waals surface area contributed by atoms with Gasteiger partial charge in [-0.05, 0) is 63.4 Å². The standard InChI is InChI=1S/C13H10Br2OS/c1-7-4-3-5-9(12(7)15)13(16)11-6-10(14)8(2)17-11/h3-6H,1-2H3. The van der Waals surface area contributed by atoms with Crippen LogP contribution in [0.25, 0.3) is 0 Å². The second kappa shape index (κ2) is 5.04. The van der Waals surface area contributed by atoms with Crippen LogP contribution in [-0.2, 0) is 0 Å². The van der Waals surface area contributed by atoms with Gasteiger partial charge in [0.05, 0.1) is 4.88 Å². The molecule has 1 aromatic carbocycles. The lowest BCUT2D eigenvalue weighted by Crippen LogP contribution is -2.00. The van der Waals surface area contributed by atoms with Crippen LogP contribution in [0.1, 0.15) is 25.7 Å². The van der Waals surface area contributed by atoms with Crippen LogP contribution in [0.15, 0.2) is 33.2 Å². The quantitative estimate of drug-likeness (QED) is 0.667. The first-order valence-corrected chi connectivity index (χ1v) is 7.46. The first-order valence-electron chi connectivity index (χ1n) is 5.06. The van der Waals surface area contributed by atoms with Crippen molar-refractivity contribution >= 4 is 49.0 Å². The van der Waals surface area contributed by atoms with E-state index in [0.29, 0.717) is 0 Å². The third-order valence-corrected chi connectivity index (χ3v) is 5.71. The van der Waals surface area contributed by atoms with E-state index >= 15 is 0 Å². The molecule has 0 bridgehead atoms. The summed E-state index contributed by atoms with van der Waals surface area (Å²) < 4.78 is 1.88. The minimum Gasteiger partial charge on any atom is -0.288 e. The Labute approximate surface area is 121 Å². The number of carbonyl (C=O) groups is 1. The van der Waals surface area contributed by atoms with E-state index in [0.717, 1.165) is 29.8 Å². The van der Waals surface area contributed by atoms with Crippen LogP contribution in [-0.4, -0.2) is 5.78 Å². The molecule has 4 heteroatoms. The molecule has 0 amide bonds. The highest BCUT2D eigenvalue weighted by Crippen LogP contribution is 2.30. The van der Waals surface area contributed by atoms with Gasteiger partial charge in [-0.15, -0.1) is 11.3 Å². The maximum atomic E-state index is 12.3. The molecule has 2 aromatic rings. The lowest BCUT2D eigenvalue weighted by molar-refractivity contribution is 0.104. The van der Waals surface area contributed by atoms with Gasteiger partial charge in [0.25, 0.3) is 0 Å². The van der Waals surface area contributed by atoms with Crippen molar-refractivity contribution in [1.82, 2.24) is 0 Å². The van der Waals surface area contributed by atoms with Gasteiger partial charge in [0.2, 0.25) is 5.78 Å². The van der Waals surface area contributed by atoms with Gasteiger partial charge in [-0.3, -0.25) is 4.79 Å². The Bertz CT molecular complexity index is 568. The normalized spacial score (nSPS) is 10.6. The van der Waals surface area contributed by atoms with Gasteiger partial charge < -0.3 is 0 Å². The molecule has 0 fully saturated rings. The zero-order valence-electron chi connectivity index (χ0n) is 9.38. The molecular weight excluding hydrogens is 364 g/mol. The predicted molar refractivity (Wildman–Crippen MR) is 79.1 cm³/mol. The zero-order chi connectivity index (χ0) is 12.6. The topological polar surface area (TPSA) is 17.1 Å². The maximum absolute atomic E-state index is 12.3. The first-order chi connectivity index (χ1) is 8.00. The Balaban J connectivity index is 2.47. The Morgan fingerprint density at radius 1 is 1.24 bits per heavy atom. The van der Waals surface area contributed by atoms with Gasteiger partial charge in [0.15, 0.2) is 0 Å². The smallest absolute Gasteiger partial charge is 0.204 e. The summed E-state index contributed by atoms with van der Waals surface area (Å²) in [5, 5.41) is 0. The third-order valence-electron chi connectivity index (χ3n) is 2.52. The molecule has 0 N–H and O–H groups in total. The van der Waals surface area contributed by atoms with Crippen molar-refractivity contribution in [2.45, 2.75) is 13.8 Å². The van der Waals surface area contributed by atoms with Crippen LogP contribution in [0.4, 0.5) is 0 Å². The fourth-order valence-corrected chi connectivity index (χ4v) is 3.46. The van der Waals surface area contributed by atoms with Gasteiger partial charge in [-0.25, -0.2) is 0 Å². The second-order valence-electron chi connectivity index (χ2n) is 3.78. The zero-order valence-corrected chi connectivity index (χ0v) is 13.4. The van der Waals surface area contributed by atoms with E-state index in [1.54, 1.807) is 0 Å². The van der Waals surface area contributed by atoms with Gasteiger partial charge >= 0.3 is 0 Å². The fourth-order valence-electron chi connectivity index (χ4n) is 1.53. The number of aryl methyl sites for hydroxylation is 2. The highest BCUT2D eigenvalue weighted by molar-refractivity contribution is 9.11. The number of thiophene rings is 1. The molecule has 0 aliphatic carbocycles. The lowest BCUT2D eigenvalue weighted by Gasteiger charge is -2.04. The van der Waals surface area contributed by atoms with Crippen LogP contribution in [0.2, 0.25) is 0 Å². The molecule has 1 aromatic heterocycles. The van der Waals surface area contributed by atoms with Crippen molar-refractivity contribution in [3.05, 3.63) is 54.1 Å². The van der Waals surface area contributed by atoms with Gasteiger partial charge in [-0.1, -0.05) is 12.1 Å². The van der Waals surface area contributed by atoms with E-state index in [2.05, 4.69) is 31.9 Å². The summed E-state index contributed by atoms with van der Waals surface area (Å²) in [6.45, 7) is 3.98. The summed E-state index contributed by atoms with van der Waals surface area (Å²) in [7, 11) is 0. The molecule has 0 aliphatic rings. The largest absolute Gasteiger partial charge is 0.288 e. The Morgan fingerprint density at radius 3 is 2.53 bits per heavy atom. The van der Waals surface area contributed by atoms with Gasteiger partial charge in [0, 0.05) is 19.4 Å². The minimum atomic E-state index is 0.0689. The molecule has 0 unspecified atom stereocenters. The molecule has 88 valence electrons. The summed E-state index contributed by atoms with van der Waals surface area (Å²) >= 11 is 8.43. The summed E-state index contributed by atoms with van der Waals surface area (Å²) in [6, 6.07) is 7.62. The average Bonchev–Trinajstić information content (AvgIpc) is 2.62. The number of hydrogen-bond acceptors (Lipinski definition) is 2. The van der Waals surface area contributed by atoms with Gasteiger partial charge in [0.1, 0.15) is 0 Å². The molecule has 0 saturated carbocycles. The Kier molecular flexibility index (Phi) is 3.85. The molecule has 0 atom stereocenters. The highest BCUT2D eigenvalue weighted by Gasteiger charge is 2.16. The van der Waals surface area contributed by atoms with Crippen molar-refractivity contribution in [1.29, 1.82) is 0 Å². The summed E-state index contributed by atoms with van der Waals surface area (Å²) in [4.78, 5) is 14.2. The number of carbonyl (C=O) groups excluding carboxylic acids is 1. The fraction of sp³-hybridized carbons (Fsp3) is 0.154. The summed E-state index contributed by atoms with van der Waals surface area (Å²) in [5.41, 5.74) is 1.79. The maximum Gasteiger partial charge on any atom is 0.204 e. The van der Waals surface area contributed by atoms with E-state index in [1.807, 2.05) is 38.1 Å². The molecule has 0 radical (unpaired) electrons. The van der Waals surface area contributed by atoms with Crippen LogP contribution in [0.3, 0.4) is 0 Å². The Morgan fingerprint density at radius 2 is 1.94 bits per heavy atom. The molecule has 17 heavy (non-hydrogen) atoms. The number of rotatable bonds is 2. The Hall–Kier alpha value is -0.450. The van der Waals surface area contributed by atoms with E-state index in [-0.39, 0.29) is 5.78 Å². The van der Waals surface area contributed by atoms with Crippen molar-refractivity contribution in [3.8, 4) is 0 Å². The summed E-state index contributed by atoms with van der Waals surface area (Å²) in [6.07, 6.45) is 0. The van der Waals surface area contributed by atoms with Crippen molar-refractivity contribution in [3.63, 3.8) is 0 Å². The predicted octanol–water partition coefficient (Wildman–Crippen LogP) is 5.12. The minimum absolute atomic E-state index is 0.0689. The molecule has 0 aliphatic heterocycles.